The van der Waals surface area contributed by atoms with Gasteiger partial charge in [0.1, 0.15) is 0 Å². The molecule has 4 nitrogen and oxygen atoms in total. The van der Waals surface area contributed by atoms with Crippen LogP contribution in [0.2, 0.25) is 0 Å². The zero-order chi connectivity index (χ0) is 14.5. The summed E-state index contributed by atoms with van der Waals surface area (Å²) in [5.41, 5.74) is 0.710. The van der Waals surface area contributed by atoms with Crippen molar-refractivity contribution in [2.45, 2.75) is 32.7 Å². The van der Waals surface area contributed by atoms with E-state index in [1.165, 1.54) is 0 Å². The van der Waals surface area contributed by atoms with Crippen molar-refractivity contribution < 1.29 is 9.59 Å². The van der Waals surface area contributed by atoms with E-state index in [1.807, 2.05) is 49.1 Å². The molecule has 2 amide bonds. The molecule has 1 fully saturated rings. The first kappa shape index (κ1) is 14.6. The highest BCUT2D eigenvalue weighted by Crippen LogP contribution is 2.14. The van der Waals surface area contributed by atoms with E-state index in [4.69, 9.17) is 0 Å². The summed E-state index contributed by atoms with van der Waals surface area (Å²) in [5.74, 6) is 0.490. The van der Waals surface area contributed by atoms with Crippen molar-refractivity contribution in [2.75, 3.05) is 13.1 Å². The Morgan fingerprint density at radius 3 is 2.65 bits per heavy atom. The minimum absolute atomic E-state index is 0.0474. The van der Waals surface area contributed by atoms with Crippen LogP contribution in [0.1, 0.15) is 37.0 Å². The third kappa shape index (κ3) is 3.83. The highest BCUT2D eigenvalue weighted by atomic mass is 16.2. The van der Waals surface area contributed by atoms with E-state index < -0.39 is 0 Å². The third-order valence-corrected chi connectivity index (χ3v) is 3.45. The minimum atomic E-state index is 0.0474. The van der Waals surface area contributed by atoms with Crippen molar-refractivity contribution >= 4 is 11.8 Å². The predicted octanol–water partition coefficient (Wildman–Crippen LogP) is 2.06. The van der Waals surface area contributed by atoms with Gasteiger partial charge in [0.2, 0.25) is 5.91 Å². The van der Waals surface area contributed by atoms with Gasteiger partial charge in [-0.2, -0.15) is 0 Å². The molecular formula is C16H22N2O2. The molecule has 4 heteroatoms. The molecule has 1 aromatic carbocycles. The Morgan fingerprint density at radius 1 is 1.30 bits per heavy atom. The van der Waals surface area contributed by atoms with Gasteiger partial charge in [-0.3, -0.25) is 9.59 Å². The van der Waals surface area contributed by atoms with Crippen LogP contribution in [0.25, 0.3) is 0 Å². The monoisotopic (exact) mass is 274 g/mol. The maximum atomic E-state index is 12.3. The first-order valence-electron chi connectivity index (χ1n) is 7.20. The molecule has 1 heterocycles. The molecule has 1 aliphatic heterocycles. The molecule has 0 aromatic heterocycles. The summed E-state index contributed by atoms with van der Waals surface area (Å²) in [5, 5.41) is 3.01. The fourth-order valence-electron chi connectivity index (χ4n) is 2.48. The van der Waals surface area contributed by atoms with Crippen LogP contribution in [0.15, 0.2) is 30.3 Å². The molecule has 1 saturated heterocycles. The van der Waals surface area contributed by atoms with E-state index in [1.54, 1.807) is 0 Å². The molecule has 1 atom stereocenters. The molecule has 0 bridgehead atoms. The van der Waals surface area contributed by atoms with Gasteiger partial charge in [0.25, 0.3) is 5.91 Å². The molecule has 20 heavy (non-hydrogen) atoms. The first-order chi connectivity index (χ1) is 9.56. The summed E-state index contributed by atoms with van der Waals surface area (Å²) >= 11 is 0. The van der Waals surface area contributed by atoms with Crippen LogP contribution in [0.4, 0.5) is 0 Å². The topological polar surface area (TPSA) is 49.4 Å². The Balaban J connectivity index is 1.86. The zero-order valence-electron chi connectivity index (χ0n) is 12.1. The summed E-state index contributed by atoms with van der Waals surface area (Å²) < 4.78 is 0. The lowest BCUT2D eigenvalue weighted by molar-refractivity contribution is -0.122. The lowest BCUT2D eigenvalue weighted by Crippen LogP contribution is -2.38. The fraction of sp³-hybridized carbons (Fsp3) is 0.500. The molecular weight excluding hydrogens is 252 g/mol. The van der Waals surface area contributed by atoms with Crippen LogP contribution in [0.3, 0.4) is 0 Å². The largest absolute Gasteiger partial charge is 0.352 e. The summed E-state index contributed by atoms with van der Waals surface area (Å²) in [6.07, 6.45) is 1.38. The van der Waals surface area contributed by atoms with Gasteiger partial charge in [-0.25, -0.2) is 0 Å². The van der Waals surface area contributed by atoms with E-state index in [-0.39, 0.29) is 17.9 Å². The van der Waals surface area contributed by atoms with Gasteiger partial charge in [-0.1, -0.05) is 32.0 Å². The van der Waals surface area contributed by atoms with Crippen LogP contribution in [0, 0.1) is 5.92 Å². The van der Waals surface area contributed by atoms with E-state index >= 15 is 0 Å². The van der Waals surface area contributed by atoms with Crippen LogP contribution < -0.4 is 5.32 Å². The van der Waals surface area contributed by atoms with Gasteiger partial charge in [-0.15, -0.1) is 0 Å². The predicted molar refractivity (Wildman–Crippen MR) is 78.3 cm³/mol. The van der Waals surface area contributed by atoms with Crippen molar-refractivity contribution in [2.24, 2.45) is 5.92 Å². The molecule has 0 spiro atoms. The Bertz CT molecular complexity index is 471. The molecule has 0 aliphatic carbocycles. The lowest BCUT2D eigenvalue weighted by atomic mass is 10.1. The highest BCUT2D eigenvalue weighted by Gasteiger charge is 2.27. The van der Waals surface area contributed by atoms with Crippen LogP contribution in [-0.4, -0.2) is 35.8 Å². The average molecular weight is 274 g/mol. The summed E-state index contributed by atoms with van der Waals surface area (Å²) in [4.78, 5) is 25.8. The number of carbonyl (C=O) groups is 2. The van der Waals surface area contributed by atoms with Gasteiger partial charge in [0, 0.05) is 31.1 Å². The van der Waals surface area contributed by atoms with Crippen molar-refractivity contribution in [1.82, 2.24) is 10.2 Å². The molecule has 1 N–H and O–H groups in total. The maximum absolute atomic E-state index is 12.3. The minimum Gasteiger partial charge on any atom is -0.352 e. The van der Waals surface area contributed by atoms with Crippen LogP contribution in [-0.2, 0) is 4.79 Å². The van der Waals surface area contributed by atoms with E-state index in [2.05, 4.69) is 5.32 Å². The number of amides is 2. The first-order valence-corrected chi connectivity index (χ1v) is 7.20. The van der Waals surface area contributed by atoms with Gasteiger partial charge >= 0.3 is 0 Å². The van der Waals surface area contributed by atoms with Crippen LogP contribution >= 0.6 is 0 Å². The summed E-state index contributed by atoms with van der Waals surface area (Å²) in [6.45, 7) is 5.37. The molecule has 1 aromatic rings. The number of hydrogen-bond acceptors (Lipinski definition) is 2. The Labute approximate surface area is 120 Å². The second kappa shape index (κ2) is 6.55. The van der Waals surface area contributed by atoms with Crippen molar-refractivity contribution in [3.63, 3.8) is 0 Å². The van der Waals surface area contributed by atoms with Crippen molar-refractivity contribution in [3.8, 4) is 0 Å². The van der Waals surface area contributed by atoms with E-state index in [0.29, 0.717) is 31.0 Å². The fourth-order valence-corrected chi connectivity index (χ4v) is 2.48. The smallest absolute Gasteiger partial charge is 0.253 e. The number of nitrogens with zero attached hydrogens (tertiary/aromatic N) is 1. The number of hydrogen-bond donors (Lipinski definition) is 1. The molecule has 1 unspecified atom stereocenters. The van der Waals surface area contributed by atoms with Gasteiger partial charge in [0.05, 0.1) is 0 Å². The highest BCUT2D eigenvalue weighted by molar-refractivity contribution is 5.94. The average Bonchev–Trinajstić information content (AvgIpc) is 2.86. The Morgan fingerprint density at radius 2 is 2.00 bits per heavy atom. The van der Waals surface area contributed by atoms with Gasteiger partial charge in [-0.05, 0) is 24.5 Å². The molecule has 1 aliphatic rings. The summed E-state index contributed by atoms with van der Waals surface area (Å²) in [7, 11) is 0. The standard InChI is InChI=1S/C16H22N2O2/c1-12(2)10-15(19)17-14-8-9-18(11-14)16(20)13-6-4-3-5-7-13/h3-7,12,14H,8-11H2,1-2H3,(H,17,19). The number of carbonyl (C=O) groups excluding carboxylic acids is 2. The maximum Gasteiger partial charge on any atom is 0.253 e. The number of likely N-dealkylation sites (tertiary alicyclic amines) is 1. The Kier molecular flexibility index (Phi) is 4.77. The van der Waals surface area contributed by atoms with Crippen molar-refractivity contribution in [1.29, 1.82) is 0 Å². The zero-order valence-corrected chi connectivity index (χ0v) is 12.1. The summed E-state index contributed by atoms with van der Waals surface area (Å²) in [6, 6.07) is 9.38. The third-order valence-electron chi connectivity index (χ3n) is 3.45. The lowest BCUT2D eigenvalue weighted by Gasteiger charge is -2.17. The molecule has 0 saturated carbocycles. The quantitative estimate of drug-likeness (QED) is 0.913. The second-order valence-corrected chi connectivity index (χ2v) is 5.77. The number of rotatable bonds is 4. The van der Waals surface area contributed by atoms with Crippen LogP contribution in [0.5, 0.6) is 0 Å². The van der Waals surface area contributed by atoms with E-state index in [0.717, 1.165) is 6.42 Å². The van der Waals surface area contributed by atoms with Crippen molar-refractivity contribution in [3.05, 3.63) is 35.9 Å². The normalized spacial score (nSPS) is 18.4. The Hall–Kier alpha value is -1.84. The molecule has 0 radical (unpaired) electrons. The van der Waals surface area contributed by atoms with E-state index in [9.17, 15) is 9.59 Å². The number of benzene rings is 1. The SMILES string of the molecule is CC(C)CC(=O)NC1CCN(C(=O)c2ccccc2)C1. The molecule has 2 rings (SSSR count). The number of nitrogens with one attached hydrogen (secondary N) is 1. The second-order valence-electron chi connectivity index (χ2n) is 5.77. The molecule has 108 valence electrons. The van der Waals surface area contributed by atoms with Gasteiger partial charge in [0.15, 0.2) is 0 Å². The van der Waals surface area contributed by atoms with Gasteiger partial charge < -0.3 is 10.2 Å².